The number of rotatable bonds is 5. The average molecular weight is 506 g/mol. The molecule has 1 aliphatic carbocycles. The van der Waals surface area contributed by atoms with E-state index in [9.17, 15) is 32.2 Å². The fourth-order valence-electron chi connectivity index (χ4n) is 3.98. The Morgan fingerprint density at radius 3 is 2.68 bits per heavy atom. The third kappa shape index (κ3) is 4.08. The summed E-state index contributed by atoms with van der Waals surface area (Å²) in [5.41, 5.74) is -0.459. The van der Waals surface area contributed by atoms with Crippen LogP contribution < -0.4 is 20.9 Å². The van der Waals surface area contributed by atoms with Gasteiger partial charge in [0.25, 0.3) is 5.56 Å². The molecule has 1 aromatic heterocycles. The number of sulfonamides is 1. The Balaban J connectivity index is 1.68. The predicted molar refractivity (Wildman–Crippen MR) is 127 cm³/mol. The van der Waals surface area contributed by atoms with Crippen molar-refractivity contribution >= 4 is 51.0 Å². The Bertz CT molecular complexity index is 1610. The van der Waals surface area contributed by atoms with Crippen LogP contribution in [0.1, 0.15) is 18.4 Å². The molecule has 1 atom stereocenters. The normalized spacial score (nSPS) is 19.9. The SMILES string of the molecule is CS(=O)(=O)Nc1ccc2c(c1)P(=O)(O)N=C(c1c(O)c3cc(F)ccc3n(CC3CC3)c1=O)N2. The lowest BCUT2D eigenvalue weighted by atomic mass is 10.1. The Kier molecular flexibility index (Phi) is 5.08. The number of benzene rings is 2. The lowest BCUT2D eigenvalue weighted by Gasteiger charge is -2.24. The molecule has 10 nitrogen and oxygen atoms in total. The number of nitrogens with zero attached hydrogens (tertiary/aromatic N) is 2. The molecule has 0 amide bonds. The van der Waals surface area contributed by atoms with E-state index in [0.29, 0.717) is 12.1 Å². The molecule has 1 saturated carbocycles. The first kappa shape index (κ1) is 22.6. The predicted octanol–water partition coefficient (Wildman–Crippen LogP) is 2.31. The summed E-state index contributed by atoms with van der Waals surface area (Å²) in [4.78, 5) is 24.1. The van der Waals surface area contributed by atoms with Gasteiger partial charge in [0.2, 0.25) is 10.0 Å². The molecule has 0 saturated heterocycles. The smallest absolute Gasteiger partial charge is 0.346 e. The van der Waals surface area contributed by atoms with Crippen LogP contribution >= 0.6 is 7.52 Å². The van der Waals surface area contributed by atoms with Crippen molar-refractivity contribution in [2.24, 2.45) is 10.7 Å². The fourth-order valence-corrected chi connectivity index (χ4v) is 5.81. The number of amidine groups is 1. The number of halogens is 1. The van der Waals surface area contributed by atoms with E-state index >= 15 is 0 Å². The maximum atomic E-state index is 14.0. The van der Waals surface area contributed by atoms with Crippen molar-refractivity contribution < 1.29 is 27.4 Å². The van der Waals surface area contributed by atoms with Crippen LogP contribution in [0.25, 0.3) is 10.9 Å². The van der Waals surface area contributed by atoms with Crippen molar-refractivity contribution in [1.82, 2.24) is 4.57 Å². The summed E-state index contributed by atoms with van der Waals surface area (Å²) in [7, 11) is -8.10. The summed E-state index contributed by atoms with van der Waals surface area (Å²) in [6.07, 6.45) is 2.82. The maximum Gasteiger partial charge on any atom is 0.346 e. The van der Waals surface area contributed by atoms with Crippen LogP contribution in [0.3, 0.4) is 0 Å². The third-order valence-corrected chi connectivity index (χ3v) is 7.75. The van der Waals surface area contributed by atoms with Gasteiger partial charge in [-0.1, -0.05) is 0 Å². The lowest BCUT2D eigenvalue weighted by Crippen LogP contribution is -2.33. The van der Waals surface area contributed by atoms with Gasteiger partial charge >= 0.3 is 7.52 Å². The van der Waals surface area contributed by atoms with E-state index in [2.05, 4.69) is 14.8 Å². The van der Waals surface area contributed by atoms with E-state index in [-0.39, 0.29) is 39.4 Å². The summed E-state index contributed by atoms with van der Waals surface area (Å²) in [6.45, 7) is 0.357. The molecule has 2 aromatic carbocycles. The molecule has 0 spiro atoms. The van der Waals surface area contributed by atoms with Crippen LogP contribution in [-0.2, 0) is 21.1 Å². The number of hydrogen-bond acceptors (Lipinski definition) is 6. The number of anilines is 2. The van der Waals surface area contributed by atoms with Gasteiger partial charge in [-0.15, -0.1) is 0 Å². The van der Waals surface area contributed by atoms with Crippen LogP contribution in [0.15, 0.2) is 46.0 Å². The molecular formula is C21H20FN4O6PS. The van der Waals surface area contributed by atoms with Crippen molar-refractivity contribution in [3.8, 4) is 5.75 Å². The average Bonchev–Trinajstić information content (AvgIpc) is 3.55. The molecule has 178 valence electrons. The summed E-state index contributed by atoms with van der Waals surface area (Å²) in [5, 5.41) is 13.6. The largest absolute Gasteiger partial charge is 0.506 e. The number of fused-ring (bicyclic) bond motifs is 2. The number of pyridine rings is 1. The Hall–Kier alpha value is -3.21. The van der Waals surface area contributed by atoms with E-state index < -0.39 is 34.7 Å². The highest BCUT2D eigenvalue weighted by Gasteiger charge is 2.34. The Morgan fingerprint density at radius 2 is 2.00 bits per heavy atom. The quantitative estimate of drug-likeness (QED) is 0.388. The topological polar surface area (TPSA) is 150 Å². The Labute approximate surface area is 193 Å². The van der Waals surface area contributed by atoms with Gasteiger partial charge < -0.3 is 19.9 Å². The molecular weight excluding hydrogens is 486 g/mol. The van der Waals surface area contributed by atoms with Gasteiger partial charge in [-0.3, -0.25) is 14.1 Å². The first-order valence-corrected chi connectivity index (χ1v) is 13.8. The number of nitrogens with one attached hydrogen (secondary N) is 2. The van der Waals surface area contributed by atoms with E-state index in [1.54, 1.807) is 0 Å². The lowest BCUT2D eigenvalue weighted by molar-refractivity contribution is 0.476. The highest BCUT2D eigenvalue weighted by molar-refractivity contribution is 7.92. The third-order valence-electron chi connectivity index (χ3n) is 5.68. The molecule has 1 fully saturated rings. The first-order valence-electron chi connectivity index (χ1n) is 10.3. The van der Waals surface area contributed by atoms with E-state index in [1.807, 2.05) is 0 Å². The van der Waals surface area contributed by atoms with Gasteiger partial charge in [-0.25, -0.2) is 12.8 Å². The van der Waals surface area contributed by atoms with Gasteiger partial charge in [0, 0.05) is 17.6 Å². The van der Waals surface area contributed by atoms with Crippen LogP contribution in [0.2, 0.25) is 0 Å². The molecule has 1 aliphatic heterocycles. The number of aromatic hydroxyl groups is 1. The van der Waals surface area contributed by atoms with Gasteiger partial charge in [-0.2, -0.15) is 4.76 Å². The minimum absolute atomic E-state index is 0.0618. The second kappa shape index (κ2) is 7.66. The van der Waals surface area contributed by atoms with Crippen LogP contribution in [0.5, 0.6) is 5.75 Å². The summed E-state index contributed by atoms with van der Waals surface area (Å²) in [6, 6.07) is 7.61. The van der Waals surface area contributed by atoms with Crippen molar-refractivity contribution in [3.63, 3.8) is 0 Å². The summed E-state index contributed by atoms with van der Waals surface area (Å²) < 4.78 is 57.5. The highest BCUT2D eigenvalue weighted by Crippen LogP contribution is 2.47. The molecule has 0 radical (unpaired) electrons. The molecule has 5 rings (SSSR count). The molecule has 3 aromatic rings. The minimum Gasteiger partial charge on any atom is -0.506 e. The van der Waals surface area contributed by atoms with Crippen molar-refractivity contribution in [2.45, 2.75) is 19.4 Å². The molecule has 34 heavy (non-hydrogen) atoms. The Morgan fingerprint density at radius 1 is 1.26 bits per heavy atom. The zero-order valence-corrected chi connectivity index (χ0v) is 19.5. The molecule has 2 aliphatic rings. The maximum absolute atomic E-state index is 14.0. The van der Waals surface area contributed by atoms with E-state index in [1.165, 1.54) is 34.9 Å². The van der Waals surface area contributed by atoms with Crippen molar-refractivity contribution in [2.75, 3.05) is 16.3 Å². The molecule has 1 unspecified atom stereocenters. The highest BCUT2D eigenvalue weighted by atomic mass is 32.2. The second-order valence-corrected chi connectivity index (χ2v) is 12.0. The van der Waals surface area contributed by atoms with E-state index in [4.69, 9.17) is 0 Å². The second-order valence-electron chi connectivity index (χ2n) is 8.47. The first-order chi connectivity index (χ1) is 15.9. The number of hydrogen-bond donors (Lipinski definition) is 4. The zero-order valence-electron chi connectivity index (χ0n) is 17.8. The number of aromatic nitrogens is 1. The van der Waals surface area contributed by atoms with Gasteiger partial charge in [-0.05, 0) is 55.2 Å². The van der Waals surface area contributed by atoms with Crippen molar-refractivity contribution in [1.29, 1.82) is 0 Å². The molecule has 2 heterocycles. The molecule has 13 heteroatoms. The standard InChI is InChI=1S/C21H20FN4O6PS/c1-34(31,32)25-13-5-6-15-17(9-13)33(29,30)24-20(23-15)18-19(27)14-8-12(22)4-7-16(14)26(21(18)28)10-11-2-3-11/h4-9,11,25,27H,2-3,10H2,1H3,(H2,23,24,29,30). The van der Waals surface area contributed by atoms with Crippen LogP contribution in [0.4, 0.5) is 15.8 Å². The van der Waals surface area contributed by atoms with Crippen LogP contribution in [0, 0.1) is 11.7 Å². The monoisotopic (exact) mass is 506 g/mol. The summed E-state index contributed by atoms with van der Waals surface area (Å²) >= 11 is 0. The molecule has 0 bridgehead atoms. The fraction of sp³-hybridized carbons (Fsp3) is 0.238. The van der Waals surface area contributed by atoms with Crippen molar-refractivity contribution in [3.05, 3.63) is 58.1 Å². The zero-order chi connectivity index (χ0) is 24.4. The van der Waals surface area contributed by atoms with Gasteiger partial charge in [0.15, 0.2) is 5.84 Å². The van der Waals surface area contributed by atoms with Crippen LogP contribution in [-0.4, -0.2) is 35.1 Å². The van der Waals surface area contributed by atoms with Gasteiger partial charge in [0.1, 0.15) is 17.1 Å². The molecule has 4 N–H and O–H groups in total. The van der Waals surface area contributed by atoms with Gasteiger partial charge in [0.05, 0.1) is 22.8 Å². The summed E-state index contributed by atoms with van der Waals surface area (Å²) in [5.74, 6) is -1.24. The van der Waals surface area contributed by atoms with E-state index in [0.717, 1.165) is 25.2 Å². The minimum atomic E-state index is -4.47.